The number of hydrogen-bond donors (Lipinski definition) is 2. The summed E-state index contributed by atoms with van der Waals surface area (Å²) in [6, 6.07) is 12.1. The number of nitrogens with two attached hydrogens (primary N) is 1. The van der Waals surface area contributed by atoms with E-state index in [9.17, 15) is 4.79 Å². The fourth-order valence-electron chi connectivity index (χ4n) is 2.48. The molecule has 0 aromatic heterocycles. The van der Waals surface area contributed by atoms with Crippen molar-refractivity contribution in [2.45, 2.75) is 25.9 Å². The summed E-state index contributed by atoms with van der Waals surface area (Å²) >= 11 is 0. The van der Waals surface area contributed by atoms with Crippen LogP contribution >= 0.6 is 12.4 Å². The molecule has 0 bridgehead atoms. The van der Waals surface area contributed by atoms with Gasteiger partial charge in [0, 0.05) is 5.56 Å². The van der Waals surface area contributed by atoms with Crippen LogP contribution < -0.4 is 20.5 Å². The molecule has 2 rings (SSSR count). The third-order valence-electron chi connectivity index (χ3n) is 3.98. The van der Waals surface area contributed by atoms with Crippen LogP contribution in [-0.2, 0) is 4.79 Å². The molecule has 3 N–H and O–H groups in total. The molecule has 0 spiro atoms. The van der Waals surface area contributed by atoms with E-state index in [1.165, 1.54) is 0 Å². The molecular weight excluding hydrogens is 340 g/mol. The van der Waals surface area contributed by atoms with Crippen molar-refractivity contribution < 1.29 is 14.3 Å². The van der Waals surface area contributed by atoms with Gasteiger partial charge in [0.15, 0.2) is 0 Å². The Kier molecular flexibility index (Phi) is 7.74. The lowest BCUT2D eigenvalue weighted by Gasteiger charge is -2.20. The number of ether oxygens (including phenoxy) is 2. The Morgan fingerprint density at radius 1 is 1.08 bits per heavy atom. The van der Waals surface area contributed by atoms with Crippen molar-refractivity contribution in [2.75, 3.05) is 14.2 Å². The van der Waals surface area contributed by atoms with Crippen molar-refractivity contribution in [3.05, 3.63) is 59.2 Å². The zero-order valence-corrected chi connectivity index (χ0v) is 15.7. The molecule has 2 aromatic rings. The van der Waals surface area contributed by atoms with Gasteiger partial charge in [0.25, 0.3) is 0 Å². The number of aryl methyl sites for hydroxylation is 1. The Bertz CT molecular complexity index is 704. The van der Waals surface area contributed by atoms with Crippen molar-refractivity contribution in [1.82, 2.24) is 5.32 Å². The van der Waals surface area contributed by atoms with Crippen LogP contribution in [0.1, 0.15) is 35.7 Å². The average molecular weight is 365 g/mol. The topological polar surface area (TPSA) is 73.6 Å². The van der Waals surface area contributed by atoms with E-state index in [-0.39, 0.29) is 24.4 Å². The van der Waals surface area contributed by atoms with E-state index in [1.807, 2.05) is 56.3 Å². The summed E-state index contributed by atoms with van der Waals surface area (Å²) in [5.74, 6) is 1.15. The molecule has 2 atom stereocenters. The quantitative estimate of drug-likeness (QED) is 0.824. The zero-order chi connectivity index (χ0) is 17.7. The maximum Gasteiger partial charge on any atom is 0.241 e. The number of amides is 1. The maximum atomic E-state index is 12.5. The Morgan fingerprint density at radius 2 is 1.72 bits per heavy atom. The summed E-state index contributed by atoms with van der Waals surface area (Å²) in [6.07, 6.45) is 0. The van der Waals surface area contributed by atoms with Gasteiger partial charge in [0.1, 0.15) is 17.5 Å². The standard InChI is InChI=1S/C19H24N2O3.ClH/c1-12-5-7-14(8-6-12)18(20)19(22)21-13(2)16-11-15(23-3)9-10-17(16)24-4;/h5-11,13,18H,20H2,1-4H3,(H,21,22);1H. The monoisotopic (exact) mass is 364 g/mol. The van der Waals surface area contributed by atoms with Crippen LogP contribution in [0.5, 0.6) is 11.5 Å². The van der Waals surface area contributed by atoms with Crippen molar-refractivity contribution in [3.63, 3.8) is 0 Å². The first-order valence-electron chi connectivity index (χ1n) is 7.80. The number of nitrogens with one attached hydrogen (secondary N) is 1. The highest BCUT2D eigenvalue weighted by molar-refractivity contribution is 5.85. The van der Waals surface area contributed by atoms with Crippen LogP contribution in [0.2, 0.25) is 0 Å². The molecule has 0 heterocycles. The molecule has 2 unspecified atom stereocenters. The van der Waals surface area contributed by atoms with Crippen LogP contribution in [0.15, 0.2) is 42.5 Å². The van der Waals surface area contributed by atoms with E-state index in [0.29, 0.717) is 11.5 Å². The molecule has 0 aliphatic carbocycles. The van der Waals surface area contributed by atoms with Gasteiger partial charge in [-0.15, -0.1) is 12.4 Å². The summed E-state index contributed by atoms with van der Waals surface area (Å²) < 4.78 is 10.6. The highest BCUT2D eigenvalue weighted by Gasteiger charge is 2.20. The summed E-state index contributed by atoms with van der Waals surface area (Å²) in [5, 5.41) is 2.94. The van der Waals surface area contributed by atoms with E-state index < -0.39 is 6.04 Å². The minimum atomic E-state index is -0.718. The predicted molar refractivity (Wildman–Crippen MR) is 101 cm³/mol. The lowest BCUT2D eigenvalue weighted by molar-refractivity contribution is -0.123. The number of hydrogen-bond acceptors (Lipinski definition) is 4. The molecule has 0 saturated heterocycles. The minimum Gasteiger partial charge on any atom is -0.497 e. The number of rotatable bonds is 6. The molecule has 0 aliphatic rings. The van der Waals surface area contributed by atoms with Crippen LogP contribution in [-0.4, -0.2) is 20.1 Å². The molecule has 25 heavy (non-hydrogen) atoms. The number of halogens is 1. The van der Waals surface area contributed by atoms with Crippen molar-refractivity contribution >= 4 is 18.3 Å². The predicted octanol–water partition coefficient (Wildman–Crippen LogP) is 3.31. The number of benzene rings is 2. The Morgan fingerprint density at radius 3 is 2.28 bits per heavy atom. The third-order valence-corrected chi connectivity index (χ3v) is 3.98. The molecule has 0 saturated carbocycles. The molecule has 0 radical (unpaired) electrons. The largest absolute Gasteiger partial charge is 0.497 e. The van der Waals surface area contributed by atoms with Gasteiger partial charge >= 0.3 is 0 Å². The summed E-state index contributed by atoms with van der Waals surface area (Å²) in [6.45, 7) is 3.88. The zero-order valence-electron chi connectivity index (χ0n) is 14.9. The molecular formula is C19H25ClN2O3. The van der Waals surface area contributed by atoms with E-state index >= 15 is 0 Å². The third kappa shape index (κ3) is 5.11. The van der Waals surface area contributed by atoms with Gasteiger partial charge in [0.05, 0.1) is 20.3 Å². The molecule has 2 aromatic carbocycles. The molecule has 136 valence electrons. The first kappa shape index (κ1) is 20.8. The molecule has 0 aliphatic heterocycles. The van der Waals surface area contributed by atoms with Gasteiger partial charge in [-0.3, -0.25) is 4.79 Å². The van der Waals surface area contributed by atoms with E-state index in [2.05, 4.69) is 5.32 Å². The summed E-state index contributed by atoms with van der Waals surface area (Å²) in [7, 11) is 3.19. The second kappa shape index (κ2) is 9.30. The van der Waals surface area contributed by atoms with E-state index in [0.717, 1.165) is 16.7 Å². The number of carbonyl (C=O) groups excluding carboxylic acids is 1. The number of carbonyl (C=O) groups is 1. The van der Waals surface area contributed by atoms with Crippen molar-refractivity contribution in [2.24, 2.45) is 5.73 Å². The normalized spacial score (nSPS) is 12.5. The van der Waals surface area contributed by atoms with Gasteiger partial charge in [-0.2, -0.15) is 0 Å². The van der Waals surface area contributed by atoms with E-state index in [1.54, 1.807) is 14.2 Å². The molecule has 6 heteroatoms. The Hall–Kier alpha value is -2.24. The average Bonchev–Trinajstić information content (AvgIpc) is 2.60. The van der Waals surface area contributed by atoms with Crippen molar-refractivity contribution in [3.8, 4) is 11.5 Å². The van der Waals surface area contributed by atoms with Gasteiger partial charge < -0.3 is 20.5 Å². The number of methoxy groups -OCH3 is 2. The smallest absolute Gasteiger partial charge is 0.241 e. The van der Waals surface area contributed by atoms with Crippen molar-refractivity contribution in [1.29, 1.82) is 0 Å². The Balaban J connectivity index is 0.00000312. The van der Waals surface area contributed by atoms with Crippen LogP contribution in [0.3, 0.4) is 0 Å². The summed E-state index contributed by atoms with van der Waals surface area (Å²) in [4.78, 5) is 12.5. The fourth-order valence-corrected chi connectivity index (χ4v) is 2.48. The first-order chi connectivity index (χ1) is 11.5. The summed E-state index contributed by atoms with van der Waals surface area (Å²) in [5.41, 5.74) is 8.81. The Labute approximate surface area is 154 Å². The second-order valence-corrected chi connectivity index (χ2v) is 5.73. The van der Waals surface area contributed by atoms with Gasteiger partial charge in [-0.25, -0.2) is 0 Å². The van der Waals surface area contributed by atoms with Gasteiger partial charge in [-0.05, 0) is 37.6 Å². The fraction of sp³-hybridized carbons (Fsp3) is 0.316. The SMILES string of the molecule is COc1ccc(OC)c(C(C)NC(=O)C(N)c2ccc(C)cc2)c1.Cl. The molecule has 5 nitrogen and oxygen atoms in total. The van der Waals surface area contributed by atoms with Crippen LogP contribution in [0, 0.1) is 6.92 Å². The van der Waals surface area contributed by atoms with Gasteiger partial charge in [0.2, 0.25) is 5.91 Å². The highest BCUT2D eigenvalue weighted by Crippen LogP contribution is 2.29. The van der Waals surface area contributed by atoms with Crippen LogP contribution in [0.4, 0.5) is 0 Å². The lowest BCUT2D eigenvalue weighted by Crippen LogP contribution is -2.35. The maximum absolute atomic E-state index is 12.5. The second-order valence-electron chi connectivity index (χ2n) is 5.73. The lowest BCUT2D eigenvalue weighted by atomic mass is 10.0. The van der Waals surface area contributed by atoms with Crippen LogP contribution in [0.25, 0.3) is 0 Å². The minimum absolute atomic E-state index is 0. The first-order valence-corrected chi connectivity index (χ1v) is 7.80. The highest BCUT2D eigenvalue weighted by atomic mass is 35.5. The molecule has 1 amide bonds. The molecule has 0 fully saturated rings. The van der Waals surface area contributed by atoms with Gasteiger partial charge in [-0.1, -0.05) is 29.8 Å². The van der Waals surface area contributed by atoms with E-state index in [4.69, 9.17) is 15.2 Å².